The standard InChI is InChI=1S/C23H29.C13H8Br2.C5H5.2ClH.Zr/c1-14-9-16-11-17-10-15(2)21(23(6,7)8)13-19(17)18(16)12-20(14)22(3,4)5;14-12-5-1-10(2-6-12)9-11-3-7-13(15)8-4-11;1-2-4-5-3-1;;;/h9-13H,1-8H3;1-8H;1-3H,4H2;2*1H;. The summed E-state index contributed by atoms with van der Waals surface area (Å²) in [6, 6.07) is 28.5. The second-order valence-corrected chi connectivity index (χ2v) is 22.7. The molecule has 0 fully saturated rings. The molecule has 0 N–H and O–H groups in total. The van der Waals surface area contributed by atoms with E-state index in [9.17, 15) is 0 Å². The first kappa shape index (κ1) is 37.5. The van der Waals surface area contributed by atoms with Crippen molar-refractivity contribution in [3.8, 4) is 11.1 Å². The van der Waals surface area contributed by atoms with Crippen molar-refractivity contribution in [2.45, 2.75) is 76.3 Å². The van der Waals surface area contributed by atoms with E-state index in [0.717, 1.165) is 15.4 Å². The van der Waals surface area contributed by atoms with Gasteiger partial charge in [0.1, 0.15) is 0 Å². The molecular formula is C41H44Br2Cl2Zr. The summed E-state index contributed by atoms with van der Waals surface area (Å²) in [5.41, 5.74) is 14.6. The molecule has 6 rings (SSSR count). The van der Waals surface area contributed by atoms with Crippen molar-refractivity contribution in [3.05, 3.63) is 148 Å². The molecule has 0 unspecified atom stereocenters. The van der Waals surface area contributed by atoms with Gasteiger partial charge >= 0.3 is 291 Å². The molecule has 4 aromatic carbocycles. The van der Waals surface area contributed by atoms with Crippen molar-refractivity contribution >= 4 is 59.9 Å². The average Bonchev–Trinajstić information content (AvgIpc) is 3.57. The molecule has 0 spiro atoms. The van der Waals surface area contributed by atoms with E-state index >= 15 is 0 Å². The Bertz CT molecular complexity index is 1750. The first-order valence-corrected chi connectivity index (χ1v) is 21.1. The van der Waals surface area contributed by atoms with Crippen molar-refractivity contribution in [2.75, 3.05) is 0 Å². The van der Waals surface area contributed by atoms with Crippen molar-refractivity contribution in [1.29, 1.82) is 0 Å². The van der Waals surface area contributed by atoms with Gasteiger partial charge in [-0.2, -0.15) is 0 Å². The van der Waals surface area contributed by atoms with Crippen LogP contribution in [-0.2, 0) is 32.1 Å². The molecule has 0 saturated carbocycles. The van der Waals surface area contributed by atoms with Crippen molar-refractivity contribution in [1.82, 2.24) is 0 Å². The number of hydrogen-bond acceptors (Lipinski definition) is 0. The Morgan fingerprint density at radius 2 is 1.07 bits per heavy atom. The third kappa shape index (κ3) is 7.16. The number of fused-ring (bicyclic) bond motifs is 3. The molecule has 4 aromatic rings. The number of allylic oxidation sites excluding steroid dienone is 4. The maximum Gasteiger partial charge on any atom is -0.147 e. The average molecular weight is 859 g/mol. The van der Waals surface area contributed by atoms with E-state index in [1.807, 2.05) is 0 Å². The molecule has 0 saturated heterocycles. The smallest absolute Gasteiger partial charge is 0.147 e. The molecule has 0 radical (unpaired) electrons. The summed E-state index contributed by atoms with van der Waals surface area (Å²) in [6.45, 7) is 18.8. The van der Waals surface area contributed by atoms with Crippen LogP contribution in [0.4, 0.5) is 0 Å². The van der Waals surface area contributed by atoms with Crippen LogP contribution in [0.25, 0.3) is 11.1 Å². The largest absolute Gasteiger partial charge is 0.147 e. The SMILES string of the molecule is Cc1cc2c(cc1C(C)(C)C)-c1cc(C(C)(C)C)c(C)cc1[CH]2[Zr]([C]1=CC=CC1)=[C](c1ccc(Br)cc1)c1ccc(Br)cc1.Cl.Cl. The second kappa shape index (κ2) is 14.3. The minimum absolute atomic E-state index is 0. The molecule has 0 nitrogen and oxygen atoms in total. The Morgan fingerprint density at radius 3 is 1.41 bits per heavy atom. The summed E-state index contributed by atoms with van der Waals surface area (Å²) in [4.78, 5) is 0. The third-order valence-electron chi connectivity index (χ3n) is 9.26. The topological polar surface area (TPSA) is 0 Å². The quantitative estimate of drug-likeness (QED) is 0.192. The van der Waals surface area contributed by atoms with E-state index in [-0.39, 0.29) is 35.6 Å². The van der Waals surface area contributed by atoms with Gasteiger partial charge in [-0.1, -0.05) is 0 Å². The second-order valence-electron chi connectivity index (χ2n) is 14.6. The van der Waals surface area contributed by atoms with E-state index < -0.39 is 21.3 Å². The van der Waals surface area contributed by atoms with Crippen molar-refractivity contribution in [2.24, 2.45) is 0 Å². The molecule has 0 aromatic heterocycles. The van der Waals surface area contributed by atoms with Gasteiger partial charge in [0.2, 0.25) is 0 Å². The zero-order chi connectivity index (χ0) is 31.6. The van der Waals surface area contributed by atoms with Gasteiger partial charge in [-0.05, 0) is 0 Å². The van der Waals surface area contributed by atoms with Crippen LogP contribution in [0.5, 0.6) is 0 Å². The van der Waals surface area contributed by atoms with Crippen LogP contribution in [-0.4, -0.2) is 3.21 Å². The van der Waals surface area contributed by atoms with Gasteiger partial charge in [-0.25, -0.2) is 0 Å². The minimum Gasteiger partial charge on any atom is -0.147 e. The van der Waals surface area contributed by atoms with E-state index in [1.165, 1.54) is 44.5 Å². The predicted octanol–water partition coefficient (Wildman–Crippen LogP) is 13.1. The summed E-state index contributed by atoms with van der Waals surface area (Å²) < 4.78 is 5.90. The van der Waals surface area contributed by atoms with Crippen molar-refractivity contribution in [3.63, 3.8) is 0 Å². The third-order valence-corrected chi connectivity index (χ3v) is 18.6. The monoisotopic (exact) mass is 854 g/mol. The molecule has 2 aliphatic rings. The van der Waals surface area contributed by atoms with Crippen LogP contribution in [0.1, 0.15) is 96.1 Å². The Balaban J connectivity index is 0.00000240. The van der Waals surface area contributed by atoms with E-state index in [4.69, 9.17) is 0 Å². The maximum atomic E-state index is 3.71. The minimum atomic E-state index is -2.74. The molecule has 0 heterocycles. The normalized spacial score (nSPS) is 13.8. The zero-order valence-electron chi connectivity index (χ0n) is 28.0. The first-order chi connectivity index (χ1) is 20.7. The van der Waals surface area contributed by atoms with E-state index in [2.05, 4.69) is 178 Å². The molecule has 0 atom stereocenters. The molecule has 0 amide bonds. The number of benzene rings is 4. The molecule has 2 aliphatic carbocycles. The Kier molecular flexibility index (Phi) is 11.6. The number of aryl methyl sites for hydroxylation is 2. The van der Waals surface area contributed by atoms with E-state index in [0.29, 0.717) is 3.63 Å². The molecule has 240 valence electrons. The zero-order valence-corrected chi connectivity index (χ0v) is 35.3. The molecule has 5 heteroatoms. The van der Waals surface area contributed by atoms with Crippen molar-refractivity contribution < 1.29 is 21.3 Å². The van der Waals surface area contributed by atoms with E-state index in [1.54, 1.807) is 17.6 Å². The summed E-state index contributed by atoms with van der Waals surface area (Å²) >= 11 is 4.69. The van der Waals surface area contributed by atoms with Crippen LogP contribution in [0, 0.1) is 13.8 Å². The Morgan fingerprint density at radius 1 is 0.652 bits per heavy atom. The molecule has 46 heavy (non-hydrogen) atoms. The number of hydrogen-bond donors (Lipinski definition) is 0. The van der Waals surface area contributed by atoms with Gasteiger partial charge < -0.3 is 0 Å². The Labute approximate surface area is 313 Å². The summed E-state index contributed by atoms with van der Waals surface area (Å²) in [7, 11) is 0. The molecule has 0 aliphatic heterocycles. The summed E-state index contributed by atoms with van der Waals surface area (Å²) in [5.74, 6) is 0. The van der Waals surface area contributed by atoms with Crippen LogP contribution in [0.15, 0.2) is 103 Å². The summed E-state index contributed by atoms with van der Waals surface area (Å²) in [5, 5.41) is 0. The van der Waals surface area contributed by atoms with Gasteiger partial charge in [0, 0.05) is 0 Å². The van der Waals surface area contributed by atoms with Gasteiger partial charge in [0.25, 0.3) is 0 Å². The van der Waals surface area contributed by atoms with Crippen LogP contribution >= 0.6 is 56.7 Å². The predicted molar refractivity (Wildman–Crippen MR) is 208 cm³/mol. The Hall–Kier alpha value is -1.35. The fourth-order valence-corrected chi connectivity index (χ4v) is 16.8. The molecule has 0 bridgehead atoms. The van der Waals surface area contributed by atoms with Gasteiger partial charge in [-0.3, -0.25) is 0 Å². The first-order valence-electron chi connectivity index (χ1n) is 15.7. The van der Waals surface area contributed by atoms with Gasteiger partial charge in [-0.15, -0.1) is 24.8 Å². The maximum absolute atomic E-state index is 3.71. The fourth-order valence-electron chi connectivity index (χ4n) is 7.35. The van der Waals surface area contributed by atoms with Gasteiger partial charge in [0.15, 0.2) is 0 Å². The van der Waals surface area contributed by atoms with Gasteiger partial charge in [0.05, 0.1) is 0 Å². The number of rotatable bonds is 4. The van der Waals surface area contributed by atoms with Crippen LogP contribution < -0.4 is 0 Å². The summed E-state index contributed by atoms with van der Waals surface area (Å²) in [6.07, 6.45) is 8.20. The fraction of sp³-hybridized carbons (Fsp3) is 0.293. The van der Waals surface area contributed by atoms with Crippen LogP contribution in [0.2, 0.25) is 0 Å². The number of halogens is 4. The van der Waals surface area contributed by atoms with Crippen LogP contribution in [0.3, 0.4) is 0 Å². The molecular weight excluding hydrogens is 814 g/mol.